The van der Waals surface area contributed by atoms with Crippen LogP contribution in [0.3, 0.4) is 0 Å². The molecule has 0 spiro atoms. The molecule has 82 valence electrons. The zero-order chi connectivity index (χ0) is 15.8. The third kappa shape index (κ3) is 2.06. The number of nitrogens with zero attached hydrogens (tertiary/aromatic N) is 1. The first kappa shape index (κ1) is 6.04. The van der Waals surface area contributed by atoms with E-state index < -0.39 is 13.2 Å². The van der Waals surface area contributed by atoms with Gasteiger partial charge >= 0.3 is 0 Å². The monoisotopic (exact) mass is 218 g/mol. The molecule has 1 aromatic carbocycles. The summed E-state index contributed by atoms with van der Waals surface area (Å²) in [5.74, 6) is 0. The maximum atomic E-state index is 11.9. The third-order valence-electron chi connectivity index (χ3n) is 2.37. The summed E-state index contributed by atoms with van der Waals surface area (Å²) in [6, 6.07) is 9.51. The highest BCUT2D eigenvalue weighted by Crippen LogP contribution is 2.08. The van der Waals surface area contributed by atoms with Gasteiger partial charge in [0.15, 0.2) is 0 Å². The highest BCUT2D eigenvalue weighted by Gasteiger charge is 1.99. The molecule has 2 rings (SSSR count). The van der Waals surface area contributed by atoms with E-state index in [-0.39, 0.29) is 11.1 Å². The van der Waals surface area contributed by atoms with Crippen LogP contribution in [0.4, 0.5) is 0 Å². The van der Waals surface area contributed by atoms with Crippen molar-refractivity contribution in [2.75, 3.05) is 0 Å². The molecule has 1 heterocycles. The summed E-state index contributed by atoms with van der Waals surface area (Å²) in [4.78, 5) is 11.9. The Morgan fingerprint density at radius 2 is 2.00 bits per heavy atom. The summed E-state index contributed by atoms with van der Waals surface area (Å²) >= 11 is 0. The van der Waals surface area contributed by atoms with Gasteiger partial charge in [-0.05, 0) is 31.0 Å². The Morgan fingerprint density at radius 3 is 2.69 bits per heavy atom. The summed E-state index contributed by atoms with van der Waals surface area (Å²) in [7, 11) is 0. The number of pyridine rings is 1. The molecule has 0 fully saturated rings. The van der Waals surface area contributed by atoms with E-state index in [1.165, 1.54) is 22.9 Å². The molecule has 0 atom stereocenters. The summed E-state index contributed by atoms with van der Waals surface area (Å²) in [5.41, 5.74) is 1.20. The molecule has 2 heteroatoms. The Balaban J connectivity index is 2.58. The second kappa shape index (κ2) is 4.35. The van der Waals surface area contributed by atoms with Crippen LogP contribution in [-0.2, 0) is 6.37 Å². The lowest BCUT2D eigenvalue weighted by Crippen LogP contribution is -2.16. The molecule has 0 aliphatic rings. The molecule has 1 aromatic heterocycles. The highest BCUT2D eigenvalue weighted by atomic mass is 16.1. The van der Waals surface area contributed by atoms with Crippen molar-refractivity contribution in [3.63, 3.8) is 0 Å². The summed E-state index contributed by atoms with van der Waals surface area (Å²) in [6.07, 6.45) is -1.27. The quantitative estimate of drug-likeness (QED) is 0.759. The van der Waals surface area contributed by atoms with Crippen LogP contribution >= 0.6 is 0 Å². The summed E-state index contributed by atoms with van der Waals surface area (Å²) < 4.78 is 38.7. The Kier molecular flexibility index (Phi) is 1.64. The first-order valence-corrected chi connectivity index (χ1v) is 4.93. The van der Waals surface area contributed by atoms with E-state index in [0.29, 0.717) is 5.69 Å². The zero-order valence-corrected chi connectivity index (χ0v) is 8.90. The molecule has 0 saturated carbocycles. The van der Waals surface area contributed by atoms with Gasteiger partial charge in [-0.3, -0.25) is 9.36 Å². The van der Waals surface area contributed by atoms with Gasteiger partial charge in [0, 0.05) is 24.8 Å². The van der Waals surface area contributed by atoms with Crippen molar-refractivity contribution < 1.29 is 6.85 Å². The van der Waals surface area contributed by atoms with Gasteiger partial charge in [-0.25, -0.2) is 0 Å². The van der Waals surface area contributed by atoms with Crippen molar-refractivity contribution in [2.24, 2.45) is 0 Å². The predicted molar refractivity (Wildman–Crippen MR) is 66.2 cm³/mol. The highest BCUT2D eigenvalue weighted by molar-refractivity contribution is 5.35. The minimum Gasteiger partial charge on any atom is -0.284 e. The van der Waals surface area contributed by atoms with Crippen LogP contribution in [-0.4, -0.2) is 4.57 Å². The molecule has 0 N–H and O–H groups in total. The summed E-state index contributed by atoms with van der Waals surface area (Å²) in [5, 5.41) is 0. The van der Waals surface area contributed by atoms with Crippen molar-refractivity contribution in [3.8, 4) is 5.69 Å². The third-order valence-corrected chi connectivity index (χ3v) is 2.37. The number of hydrogen-bond donors (Lipinski definition) is 0. The van der Waals surface area contributed by atoms with Crippen LogP contribution < -0.4 is 5.56 Å². The Labute approximate surface area is 102 Å². The van der Waals surface area contributed by atoms with E-state index in [0.717, 1.165) is 5.56 Å². The Bertz CT molecular complexity index is 701. The second-order valence-electron chi connectivity index (χ2n) is 3.59. The van der Waals surface area contributed by atoms with Crippen molar-refractivity contribution in [2.45, 2.75) is 20.1 Å². The van der Waals surface area contributed by atoms with E-state index in [4.69, 9.17) is 6.85 Å². The number of rotatable bonds is 2. The molecule has 0 saturated heterocycles. The normalized spacial score (nSPS) is 16.7. The molecule has 0 bridgehead atoms. The van der Waals surface area contributed by atoms with E-state index in [2.05, 4.69) is 0 Å². The van der Waals surface area contributed by atoms with Gasteiger partial charge < -0.3 is 0 Å². The standard InChI is InChI=1S/C14H15NO/c1-3-12-6-9-14(16)15(10-12)13-7-4-11(2)5-8-13/h4-10H,3H2,1-2H3/i1D3,3D2. The molecule has 16 heavy (non-hydrogen) atoms. The van der Waals surface area contributed by atoms with Gasteiger partial charge in [0.05, 0.1) is 0 Å². The van der Waals surface area contributed by atoms with Crippen LogP contribution in [0.5, 0.6) is 0 Å². The zero-order valence-electron chi connectivity index (χ0n) is 13.9. The van der Waals surface area contributed by atoms with E-state index >= 15 is 0 Å². The van der Waals surface area contributed by atoms with Crippen LogP contribution in [0.15, 0.2) is 47.4 Å². The van der Waals surface area contributed by atoms with Gasteiger partial charge in [0.1, 0.15) is 0 Å². The molecule has 0 amide bonds. The number of benzene rings is 1. The Morgan fingerprint density at radius 1 is 1.25 bits per heavy atom. The van der Waals surface area contributed by atoms with E-state index in [1.807, 2.05) is 19.1 Å². The fourth-order valence-corrected chi connectivity index (χ4v) is 1.47. The predicted octanol–water partition coefficient (Wildman–Crippen LogP) is 2.71. The number of aromatic nitrogens is 1. The lowest BCUT2D eigenvalue weighted by Gasteiger charge is -2.07. The minimum absolute atomic E-state index is 0.0531. The van der Waals surface area contributed by atoms with Crippen LogP contribution in [0.2, 0.25) is 0 Å². The first-order chi connectivity index (χ1) is 9.63. The molecule has 0 unspecified atom stereocenters. The minimum atomic E-state index is -2.80. The Hall–Kier alpha value is -1.83. The van der Waals surface area contributed by atoms with Crippen molar-refractivity contribution in [3.05, 3.63) is 64.1 Å². The second-order valence-corrected chi connectivity index (χ2v) is 3.59. The average Bonchev–Trinajstić information content (AvgIpc) is 2.39. The van der Waals surface area contributed by atoms with Crippen molar-refractivity contribution >= 4 is 0 Å². The van der Waals surface area contributed by atoms with Gasteiger partial charge in [-0.1, -0.05) is 30.6 Å². The smallest absolute Gasteiger partial charge is 0.255 e. The fourth-order valence-electron chi connectivity index (χ4n) is 1.47. The number of hydrogen-bond acceptors (Lipinski definition) is 1. The molecule has 2 nitrogen and oxygen atoms in total. The van der Waals surface area contributed by atoms with Crippen molar-refractivity contribution in [1.29, 1.82) is 0 Å². The summed E-state index contributed by atoms with van der Waals surface area (Å²) in [6.45, 7) is -0.890. The molecule has 0 aliphatic carbocycles. The fraction of sp³-hybridized carbons (Fsp3) is 0.214. The van der Waals surface area contributed by atoms with Gasteiger partial charge in [0.2, 0.25) is 0 Å². The molecular weight excluding hydrogens is 198 g/mol. The van der Waals surface area contributed by atoms with Crippen LogP contribution in [0, 0.1) is 6.92 Å². The lowest BCUT2D eigenvalue weighted by molar-refractivity contribution is 0.952. The SMILES string of the molecule is [2H]C([2H])([2H])C([2H])([2H])c1ccc(=O)n(-c2ccc(C)cc2)c1. The molecule has 0 aliphatic heterocycles. The average molecular weight is 218 g/mol. The molecule has 2 aromatic rings. The van der Waals surface area contributed by atoms with Gasteiger partial charge in [-0.2, -0.15) is 0 Å². The van der Waals surface area contributed by atoms with Crippen LogP contribution in [0.25, 0.3) is 5.69 Å². The maximum absolute atomic E-state index is 11.9. The molecule has 0 radical (unpaired) electrons. The number of aryl methyl sites for hydroxylation is 2. The largest absolute Gasteiger partial charge is 0.284 e. The molecular formula is C14H15NO. The van der Waals surface area contributed by atoms with Gasteiger partial charge in [-0.15, -0.1) is 0 Å². The first-order valence-electron chi connectivity index (χ1n) is 7.43. The van der Waals surface area contributed by atoms with Crippen LogP contribution in [0.1, 0.15) is 24.8 Å². The van der Waals surface area contributed by atoms with Gasteiger partial charge in [0.25, 0.3) is 5.56 Å². The van der Waals surface area contributed by atoms with E-state index in [1.54, 1.807) is 12.1 Å². The van der Waals surface area contributed by atoms with Crippen molar-refractivity contribution in [1.82, 2.24) is 4.57 Å². The van der Waals surface area contributed by atoms with E-state index in [9.17, 15) is 4.79 Å². The topological polar surface area (TPSA) is 22.0 Å². The lowest BCUT2D eigenvalue weighted by atomic mass is 10.2. The maximum Gasteiger partial charge on any atom is 0.255 e.